The Bertz CT molecular complexity index is 844. The molecule has 0 saturated heterocycles. The quantitative estimate of drug-likeness (QED) is 0.470. The Morgan fingerprint density at radius 1 is 0.917 bits per heavy atom. The van der Waals surface area contributed by atoms with E-state index in [1.54, 1.807) is 0 Å². The lowest BCUT2D eigenvalue weighted by Gasteiger charge is -2.08. The largest absolute Gasteiger partial charge is 0.319 e. The summed E-state index contributed by atoms with van der Waals surface area (Å²) in [6.45, 7) is 0. The van der Waals surface area contributed by atoms with Crippen LogP contribution in [0.2, 0.25) is 0 Å². The standard InChI is InChI=1S/C11H7N11O2/c12-4-5-1-6(13-10(23)8-15-19-20-16-8)3-7(2-5)14-11(24)9-17-21-22-18-9/h1-3H,(H,13,23)(H,14,24)(H,15,16,19,20)(H,17,18,21,22). The van der Waals surface area contributed by atoms with Crippen molar-refractivity contribution in [2.75, 3.05) is 10.6 Å². The normalized spacial score (nSPS) is 9.96. The molecule has 118 valence electrons. The number of nitrogens with zero attached hydrogens (tertiary/aromatic N) is 7. The molecule has 0 aliphatic rings. The summed E-state index contributed by atoms with van der Waals surface area (Å²) in [4.78, 5) is 23.8. The summed E-state index contributed by atoms with van der Waals surface area (Å²) in [6.07, 6.45) is 0. The fourth-order valence-electron chi connectivity index (χ4n) is 1.73. The van der Waals surface area contributed by atoms with Crippen LogP contribution in [0.25, 0.3) is 0 Å². The molecule has 0 aliphatic heterocycles. The molecule has 2 aromatic heterocycles. The molecule has 0 spiro atoms. The van der Waals surface area contributed by atoms with Crippen LogP contribution in [0.3, 0.4) is 0 Å². The minimum Gasteiger partial charge on any atom is -0.319 e. The SMILES string of the molecule is N#Cc1cc(NC(=O)c2nnn[nH]2)cc(NC(=O)c2nnn[nH]2)c1. The second kappa shape index (κ2) is 6.27. The van der Waals surface area contributed by atoms with Gasteiger partial charge in [-0.3, -0.25) is 9.59 Å². The summed E-state index contributed by atoms with van der Waals surface area (Å²) in [5.74, 6) is -1.41. The summed E-state index contributed by atoms with van der Waals surface area (Å²) in [7, 11) is 0. The van der Waals surface area contributed by atoms with Crippen molar-refractivity contribution in [3.05, 3.63) is 35.4 Å². The first-order chi connectivity index (χ1) is 11.7. The van der Waals surface area contributed by atoms with Crippen molar-refractivity contribution >= 4 is 23.2 Å². The van der Waals surface area contributed by atoms with Gasteiger partial charge in [0, 0.05) is 11.4 Å². The van der Waals surface area contributed by atoms with Gasteiger partial charge in [-0.1, -0.05) is 0 Å². The molecular weight excluding hydrogens is 318 g/mol. The number of hydrogen-bond donors (Lipinski definition) is 4. The number of nitrogens with one attached hydrogen (secondary N) is 4. The van der Waals surface area contributed by atoms with E-state index in [9.17, 15) is 9.59 Å². The van der Waals surface area contributed by atoms with Crippen molar-refractivity contribution in [2.24, 2.45) is 0 Å². The van der Waals surface area contributed by atoms with Crippen molar-refractivity contribution in [1.29, 1.82) is 5.26 Å². The molecular formula is C11H7N11O2. The first-order valence-corrected chi connectivity index (χ1v) is 6.31. The minimum absolute atomic E-state index is 0.101. The van der Waals surface area contributed by atoms with Gasteiger partial charge in [-0.05, 0) is 39.1 Å². The lowest BCUT2D eigenvalue weighted by Crippen LogP contribution is -2.16. The first kappa shape index (κ1) is 14.7. The highest BCUT2D eigenvalue weighted by atomic mass is 16.2. The summed E-state index contributed by atoms with van der Waals surface area (Å²) in [6, 6.07) is 6.22. The van der Waals surface area contributed by atoms with E-state index in [1.165, 1.54) is 18.2 Å². The molecule has 1 aromatic carbocycles. The van der Waals surface area contributed by atoms with Crippen LogP contribution < -0.4 is 10.6 Å². The number of rotatable bonds is 4. The fraction of sp³-hybridized carbons (Fsp3) is 0. The average molecular weight is 325 g/mol. The maximum atomic E-state index is 11.9. The molecule has 0 radical (unpaired) electrons. The van der Waals surface area contributed by atoms with Crippen LogP contribution in [-0.4, -0.2) is 53.1 Å². The van der Waals surface area contributed by atoms with Crippen molar-refractivity contribution in [1.82, 2.24) is 41.2 Å². The molecule has 4 N–H and O–H groups in total. The number of aromatic nitrogens is 8. The summed E-state index contributed by atoms with van der Waals surface area (Å²) < 4.78 is 0. The highest BCUT2D eigenvalue weighted by Gasteiger charge is 2.14. The second-order valence-corrected chi connectivity index (χ2v) is 4.32. The van der Waals surface area contributed by atoms with E-state index in [0.29, 0.717) is 0 Å². The van der Waals surface area contributed by atoms with Crippen molar-refractivity contribution in [3.63, 3.8) is 0 Å². The maximum Gasteiger partial charge on any atom is 0.294 e. The number of H-pyrrole nitrogens is 2. The lowest BCUT2D eigenvalue weighted by atomic mass is 10.2. The molecule has 0 unspecified atom stereocenters. The number of aromatic amines is 2. The Morgan fingerprint density at radius 3 is 1.79 bits per heavy atom. The number of benzene rings is 1. The molecule has 0 saturated carbocycles. The van der Waals surface area contributed by atoms with Gasteiger partial charge in [-0.25, -0.2) is 10.2 Å². The van der Waals surface area contributed by atoms with E-state index in [0.717, 1.165) is 0 Å². The van der Waals surface area contributed by atoms with Gasteiger partial charge in [0.05, 0.1) is 11.6 Å². The third-order valence-corrected chi connectivity index (χ3v) is 2.70. The molecule has 3 aromatic rings. The Morgan fingerprint density at radius 2 is 1.42 bits per heavy atom. The highest BCUT2D eigenvalue weighted by molar-refractivity contribution is 6.03. The number of anilines is 2. The first-order valence-electron chi connectivity index (χ1n) is 6.31. The number of tetrazole rings is 2. The van der Waals surface area contributed by atoms with Crippen LogP contribution in [0.5, 0.6) is 0 Å². The van der Waals surface area contributed by atoms with Gasteiger partial charge in [-0.15, -0.1) is 10.2 Å². The predicted molar refractivity (Wildman–Crippen MR) is 75.4 cm³/mol. The van der Waals surface area contributed by atoms with Gasteiger partial charge in [0.25, 0.3) is 11.8 Å². The molecule has 0 bridgehead atoms. The molecule has 0 fully saturated rings. The van der Waals surface area contributed by atoms with E-state index in [2.05, 4.69) is 51.9 Å². The van der Waals surface area contributed by atoms with Crippen LogP contribution in [0.15, 0.2) is 18.2 Å². The van der Waals surface area contributed by atoms with Crippen molar-refractivity contribution in [2.45, 2.75) is 0 Å². The van der Waals surface area contributed by atoms with Gasteiger partial charge in [0.2, 0.25) is 11.6 Å². The van der Waals surface area contributed by atoms with Crippen molar-refractivity contribution < 1.29 is 9.59 Å². The zero-order valence-corrected chi connectivity index (χ0v) is 11.7. The Kier molecular flexibility index (Phi) is 3.85. The summed E-state index contributed by atoms with van der Waals surface area (Å²) in [5.41, 5.74) is 0.748. The van der Waals surface area contributed by atoms with E-state index in [1.807, 2.05) is 6.07 Å². The molecule has 2 heterocycles. The number of hydrogen-bond acceptors (Lipinski definition) is 9. The van der Waals surface area contributed by atoms with Crippen LogP contribution in [0, 0.1) is 11.3 Å². The van der Waals surface area contributed by atoms with Gasteiger partial charge in [-0.2, -0.15) is 5.26 Å². The third-order valence-electron chi connectivity index (χ3n) is 2.70. The fourth-order valence-corrected chi connectivity index (χ4v) is 1.73. The third kappa shape index (κ3) is 3.17. The van der Waals surface area contributed by atoms with Gasteiger partial charge < -0.3 is 10.6 Å². The van der Waals surface area contributed by atoms with Crippen LogP contribution in [-0.2, 0) is 0 Å². The van der Waals surface area contributed by atoms with E-state index in [-0.39, 0.29) is 28.6 Å². The molecule has 13 heteroatoms. The number of carbonyl (C=O) groups is 2. The zero-order valence-electron chi connectivity index (χ0n) is 11.7. The monoisotopic (exact) mass is 325 g/mol. The summed E-state index contributed by atoms with van der Waals surface area (Å²) in [5, 5.41) is 38.8. The molecule has 2 amide bonds. The molecule has 3 rings (SSSR count). The average Bonchev–Trinajstić information content (AvgIpc) is 3.27. The van der Waals surface area contributed by atoms with E-state index < -0.39 is 11.8 Å². The lowest BCUT2D eigenvalue weighted by molar-refractivity contribution is 0.101. The Hall–Kier alpha value is -4.21. The van der Waals surface area contributed by atoms with Gasteiger partial charge in [0.1, 0.15) is 0 Å². The topological polar surface area (TPSA) is 191 Å². The smallest absolute Gasteiger partial charge is 0.294 e. The minimum atomic E-state index is -0.605. The van der Waals surface area contributed by atoms with E-state index in [4.69, 9.17) is 5.26 Å². The predicted octanol–water partition coefficient (Wildman–Crippen LogP) is -0.911. The van der Waals surface area contributed by atoms with E-state index >= 15 is 0 Å². The molecule has 0 atom stereocenters. The van der Waals surface area contributed by atoms with Crippen molar-refractivity contribution in [3.8, 4) is 6.07 Å². The second-order valence-electron chi connectivity index (χ2n) is 4.32. The molecule has 0 aliphatic carbocycles. The van der Waals surface area contributed by atoms with Gasteiger partial charge >= 0.3 is 0 Å². The van der Waals surface area contributed by atoms with Crippen LogP contribution in [0.1, 0.15) is 26.8 Å². The number of amides is 2. The summed E-state index contributed by atoms with van der Waals surface area (Å²) >= 11 is 0. The zero-order chi connectivity index (χ0) is 16.9. The number of carbonyl (C=O) groups excluding carboxylic acids is 2. The molecule has 24 heavy (non-hydrogen) atoms. The maximum absolute atomic E-state index is 11.9. The molecule has 13 nitrogen and oxygen atoms in total. The highest BCUT2D eigenvalue weighted by Crippen LogP contribution is 2.19. The van der Waals surface area contributed by atoms with Crippen LogP contribution >= 0.6 is 0 Å². The van der Waals surface area contributed by atoms with Gasteiger partial charge in [0.15, 0.2) is 0 Å². The number of nitriles is 1. The van der Waals surface area contributed by atoms with Crippen LogP contribution in [0.4, 0.5) is 11.4 Å². The Labute approximate surface area is 132 Å². The Balaban J connectivity index is 1.82.